The molecule has 3 heterocycles. The molecule has 5 atom stereocenters. The molecule has 2 unspecified atom stereocenters. The van der Waals surface area contributed by atoms with Crippen molar-refractivity contribution in [1.82, 2.24) is 10.2 Å². The number of aliphatic hydroxyl groups excluding tert-OH is 1. The Bertz CT molecular complexity index is 922. The summed E-state index contributed by atoms with van der Waals surface area (Å²) in [7, 11) is 0. The summed E-state index contributed by atoms with van der Waals surface area (Å²) in [6.07, 6.45) is 3.91. The Morgan fingerprint density at radius 1 is 1.15 bits per heavy atom. The van der Waals surface area contributed by atoms with E-state index in [1.54, 1.807) is 4.90 Å². The van der Waals surface area contributed by atoms with Gasteiger partial charge in [0, 0.05) is 24.9 Å². The number of amides is 3. The number of unbranched alkanes of at least 4 members (excludes halogenated alkanes) is 2. The van der Waals surface area contributed by atoms with E-state index in [9.17, 15) is 14.4 Å². The lowest BCUT2D eigenvalue weighted by Crippen LogP contribution is -2.56. The standard InChI is InChI=1S/C26H37N3O5/c1-4-25-13-14-26(34-25)20(19(25)22(31)28-18-11-7-5-8-12-18)24(33)29(15-9-6-10-16-30)21(26)23(32)27-17(2)3/h5,7-8,11-12,17,19-21,30H,4,6,9-10,13-16H2,1-3H3,(H,27,32)(H,28,31)/t19-,20-,21?,25+,26?/m0/s1. The second kappa shape index (κ2) is 9.66. The molecule has 1 aromatic rings. The van der Waals surface area contributed by atoms with Crippen molar-refractivity contribution in [1.29, 1.82) is 0 Å². The summed E-state index contributed by atoms with van der Waals surface area (Å²) < 4.78 is 6.71. The molecule has 1 spiro atoms. The molecule has 4 rings (SSSR count). The molecule has 3 aliphatic heterocycles. The van der Waals surface area contributed by atoms with Gasteiger partial charge in [-0.15, -0.1) is 0 Å². The number of aliphatic hydroxyl groups is 1. The summed E-state index contributed by atoms with van der Waals surface area (Å²) in [5.41, 5.74) is -1.07. The molecular weight excluding hydrogens is 434 g/mol. The lowest BCUT2D eigenvalue weighted by Gasteiger charge is -2.34. The first-order chi connectivity index (χ1) is 16.3. The minimum atomic E-state index is -0.998. The number of benzene rings is 1. The molecule has 3 amide bonds. The molecule has 3 aliphatic rings. The topological polar surface area (TPSA) is 108 Å². The summed E-state index contributed by atoms with van der Waals surface area (Å²) in [5, 5.41) is 15.1. The first-order valence-electron chi connectivity index (χ1n) is 12.6. The summed E-state index contributed by atoms with van der Waals surface area (Å²) in [4.78, 5) is 42.6. The van der Waals surface area contributed by atoms with E-state index in [-0.39, 0.29) is 30.4 Å². The normalized spacial score (nSPS) is 31.7. The largest absolute Gasteiger partial charge is 0.396 e. The first kappa shape index (κ1) is 24.7. The van der Waals surface area contributed by atoms with Gasteiger partial charge in [-0.2, -0.15) is 0 Å². The highest BCUT2D eigenvalue weighted by atomic mass is 16.5. The second-order valence-corrected chi connectivity index (χ2v) is 10.2. The number of hydrogen-bond donors (Lipinski definition) is 3. The molecule has 3 saturated heterocycles. The van der Waals surface area contributed by atoms with Crippen LogP contribution in [0.3, 0.4) is 0 Å². The molecule has 0 saturated carbocycles. The maximum atomic E-state index is 13.9. The van der Waals surface area contributed by atoms with Gasteiger partial charge < -0.3 is 25.4 Å². The van der Waals surface area contributed by atoms with E-state index < -0.39 is 29.1 Å². The zero-order chi connectivity index (χ0) is 24.5. The Morgan fingerprint density at radius 3 is 2.53 bits per heavy atom. The number of nitrogens with zero attached hydrogens (tertiary/aromatic N) is 1. The number of hydrogen-bond acceptors (Lipinski definition) is 5. The number of likely N-dealkylation sites (tertiary alicyclic amines) is 1. The van der Waals surface area contributed by atoms with Gasteiger partial charge in [0.2, 0.25) is 17.7 Å². The van der Waals surface area contributed by atoms with Crippen LogP contribution in [0.2, 0.25) is 0 Å². The van der Waals surface area contributed by atoms with Gasteiger partial charge >= 0.3 is 0 Å². The van der Waals surface area contributed by atoms with E-state index in [0.717, 1.165) is 6.42 Å². The number of anilines is 1. The van der Waals surface area contributed by atoms with Gasteiger partial charge in [0.25, 0.3) is 0 Å². The Kier molecular flexibility index (Phi) is 7.01. The van der Waals surface area contributed by atoms with Gasteiger partial charge in [0.05, 0.1) is 17.4 Å². The fraction of sp³-hybridized carbons (Fsp3) is 0.654. The molecule has 3 N–H and O–H groups in total. The number of ether oxygens (including phenoxy) is 1. The van der Waals surface area contributed by atoms with Crippen LogP contribution < -0.4 is 10.6 Å². The molecule has 0 aliphatic carbocycles. The molecule has 8 heteroatoms. The number of fused-ring (bicyclic) bond motifs is 1. The summed E-state index contributed by atoms with van der Waals surface area (Å²) >= 11 is 0. The average Bonchev–Trinajstić information content (AvgIpc) is 3.40. The summed E-state index contributed by atoms with van der Waals surface area (Å²) in [6.45, 7) is 6.28. The third-order valence-corrected chi connectivity index (χ3v) is 7.74. The smallest absolute Gasteiger partial charge is 0.246 e. The van der Waals surface area contributed by atoms with Crippen LogP contribution in [-0.4, -0.2) is 64.2 Å². The van der Waals surface area contributed by atoms with E-state index in [1.807, 2.05) is 51.1 Å². The van der Waals surface area contributed by atoms with Crippen LogP contribution in [0, 0.1) is 11.8 Å². The van der Waals surface area contributed by atoms with Crippen LogP contribution in [0.25, 0.3) is 0 Å². The van der Waals surface area contributed by atoms with Crippen molar-refractivity contribution in [3.8, 4) is 0 Å². The highest BCUT2D eigenvalue weighted by Crippen LogP contribution is 2.64. The van der Waals surface area contributed by atoms with Crippen molar-refractivity contribution in [3.05, 3.63) is 30.3 Å². The van der Waals surface area contributed by atoms with Crippen LogP contribution in [0.4, 0.5) is 5.69 Å². The van der Waals surface area contributed by atoms with Crippen LogP contribution in [0.1, 0.15) is 59.3 Å². The fourth-order valence-corrected chi connectivity index (χ4v) is 6.33. The van der Waals surface area contributed by atoms with Crippen molar-refractivity contribution in [2.75, 3.05) is 18.5 Å². The van der Waals surface area contributed by atoms with Gasteiger partial charge in [-0.3, -0.25) is 14.4 Å². The quantitative estimate of drug-likeness (QED) is 0.455. The average molecular weight is 472 g/mol. The highest BCUT2D eigenvalue weighted by molar-refractivity contribution is 6.02. The third-order valence-electron chi connectivity index (χ3n) is 7.74. The molecule has 1 aromatic carbocycles. The fourth-order valence-electron chi connectivity index (χ4n) is 6.33. The minimum Gasteiger partial charge on any atom is -0.396 e. The first-order valence-corrected chi connectivity index (χ1v) is 12.6. The Morgan fingerprint density at radius 2 is 1.88 bits per heavy atom. The van der Waals surface area contributed by atoms with Gasteiger partial charge in [-0.1, -0.05) is 25.1 Å². The molecular formula is C26H37N3O5. The predicted molar refractivity (Wildman–Crippen MR) is 128 cm³/mol. The summed E-state index contributed by atoms with van der Waals surface area (Å²) in [6, 6.07) is 8.39. The van der Waals surface area contributed by atoms with E-state index in [2.05, 4.69) is 10.6 Å². The van der Waals surface area contributed by atoms with Crippen LogP contribution >= 0.6 is 0 Å². The summed E-state index contributed by atoms with van der Waals surface area (Å²) in [5.74, 6) is -1.96. The lowest BCUT2D eigenvalue weighted by atomic mass is 9.65. The Balaban J connectivity index is 1.68. The Labute approximate surface area is 201 Å². The zero-order valence-electron chi connectivity index (χ0n) is 20.4. The maximum absolute atomic E-state index is 13.9. The van der Waals surface area contributed by atoms with Gasteiger partial charge in [-0.05, 0) is 64.5 Å². The van der Waals surface area contributed by atoms with Crippen molar-refractivity contribution >= 4 is 23.4 Å². The second-order valence-electron chi connectivity index (χ2n) is 10.2. The molecule has 186 valence electrons. The Hall–Kier alpha value is -2.45. The molecule has 8 nitrogen and oxygen atoms in total. The van der Waals surface area contributed by atoms with Crippen LogP contribution in [0.15, 0.2) is 30.3 Å². The monoisotopic (exact) mass is 471 g/mol. The van der Waals surface area contributed by atoms with Gasteiger partial charge in [0.15, 0.2) is 0 Å². The number of carbonyl (C=O) groups excluding carboxylic acids is 3. The third kappa shape index (κ3) is 4.01. The molecule has 2 bridgehead atoms. The van der Waals surface area contributed by atoms with Crippen molar-refractivity contribution < 1.29 is 24.2 Å². The maximum Gasteiger partial charge on any atom is 0.246 e. The van der Waals surface area contributed by atoms with Gasteiger partial charge in [0.1, 0.15) is 11.6 Å². The molecule has 0 radical (unpaired) electrons. The van der Waals surface area contributed by atoms with Crippen molar-refractivity contribution in [2.24, 2.45) is 11.8 Å². The number of para-hydroxylation sites is 1. The zero-order valence-corrected chi connectivity index (χ0v) is 20.4. The van der Waals surface area contributed by atoms with Crippen LogP contribution in [-0.2, 0) is 19.1 Å². The van der Waals surface area contributed by atoms with E-state index in [4.69, 9.17) is 9.84 Å². The highest BCUT2D eigenvalue weighted by Gasteiger charge is 2.78. The van der Waals surface area contributed by atoms with Crippen molar-refractivity contribution in [3.63, 3.8) is 0 Å². The SMILES string of the molecule is CC[C@]12CCC3(O1)C(C(=O)NC(C)C)N(CCCCCO)C(=O)[C@@H]3[C@H]2C(=O)Nc1ccccc1. The van der Waals surface area contributed by atoms with E-state index in [0.29, 0.717) is 44.3 Å². The molecule has 0 aromatic heterocycles. The number of rotatable bonds is 10. The number of carbonyl (C=O) groups is 3. The molecule has 34 heavy (non-hydrogen) atoms. The number of nitrogens with one attached hydrogen (secondary N) is 2. The lowest BCUT2D eigenvalue weighted by molar-refractivity contribution is -0.146. The predicted octanol–water partition coefficient (Wildman–Crippen LogP) is 2.47. The van der Waals surface area contributed by atoms with Crippen LogP contribution in [0.5, 0.6) is 0 Å². The van der Waals surface area contributed by atoms with Crippen molar-refractivity contribution in [2.45, 2.75) is 82.6 Å². The minimum absolute atomic E-state index is 0.0785. The van der Waals surface area contributed by atoms with Gasteiger partial charge in [-0.25, -0.2) is 0 Å². The van der Waals surface area contributed by atoms with E-state index in [1.165, 1.54) is 0 Å². The molecule has 3 fully saturated rings. The van der Waals surface area contributed by atoms with E-state index >= 15 is 0 Å².